The fraction of sp³-hybridized carbons (Fsp3) is 0.500. The van der Waals surface area contributed by atoms with Crippen molar-refractivity contribution < 1.29 is 16.8 Å². The Hall–Kier alpha value is -0.960. The van der Waals surface area contributed by atoms with E-state index in [1.54, 1.807) is 0 Å². The minimum absolute atomic E-state index is 0.102. The zero-order valence-corrected chi connectivity index (χ0v) is 12.8. The van der Waals surface area contributed by atoms with Gasteiger partial charge in [-0.05, 0) is 37.1 Å². The number of rotatable bonds is 4. The van der Waals surface area contributed by atoms with E-state index in [0.29, 0.717) is 13.1 Å². The molecule has 1 aliphatic heterocycles. The van der Waals surface area contributed by atoms with Gasteiger partial charge in [0, 0.05) is 25.4 Å². The van der Waals surface area contributed by atoms with Gasteiger partial charge in [0.25, 0.3) is 0 Å². The first-order chi connectivity index (χ1) is 9.26. The fourth-order valence-electron chi connectivity index (χ4n) is 2.36. The molecule has 0 radical (unpaired) electrons. The molecule has 1 heterocycles. The van der Waals surface area contributed by atoms with Crippen LogP contribution >= 0.6 is 0 Å². The van der Waals surface area contributed by atoms with Crippen LogP contribution in [0.5, 0.6) is 0 Å². The van der Waals surface area contributed by atoms with E-state index in [1.807, 2.05) is 0 Å². The normalized spacial score (nSPS) is 21.2. The molecule has 2 rings (SSSR count). The largest absolute Gasteiger partial charge is 0.329 e. The maximum absolute atomic E-state index is 12.5. The molecule has 1 aromatic carbocycles. The summed E-state index contributed by atoms with van der Waals surface area (Å²) in [5.41, 5.74) is 5.59. The van der Waals surface area contributed by atoms with E-state index in [4.69, 9.17) is 5.73 Å². The maximum atomic E-state index is 12.5. The number of benzene rings is 1. The van der Waals surface area contributed by atoms with Crippen molar-refractivity contribution in [3.05, 3.63) is 24.3 Å². The lowest BCUT2D eigenvalue weighted by molar-refractivity contribution is 0.393. The van der Waals surface area contributed by atoms with E-state index in [0.717, 1.165) is 19.1 Å². The number of nitrogens with zero attached hydrogens (tertiary/aromatic N) is 1. The molecule has 0 aliphatic carbocycles. The molecule has 1 aromatic rings. The topological polar surface area (TPSA) is 97.5 Å². The highest BCUT2D eigenvalue weighted by molar-refractivity contribution is 7.90. The standard InChI is InChI=1S/C12H18N2O4S2/c1-19(15,16)11-4-6-12(7-5-11)20(17,18)14-8-2-3-10(14)9-13/h4-7,10H,2-3,8-9,13H2,1H3/t10-/m0/s1. The minimum atomic E-state index is -3.60. The van der Waals surface area contributed by atoms with Crippen LogP contribution in [-0.4, -0.2) is 46.5 Å². The van der Waals surface area contributed by atoms with Crippen LogP contribution in [0, 0.1) is 0 Å². The monoisotopic (exact) mass is 318 g/mol. The van der Waals surface area contributed by atoms with E-state index in [2.05, 4.69) is 0 Å². The molecule has 6 nitrogen and oxygen atoms in total. The van der Waals surface area contributed by atoms with E-state index in [9.17, 15) is 16.8 Å². The Morgan fingerprint density at radius 2 is 1.70 bits per heavy atom. The molecule has 0 spiro atoms. The first kappa shape index (κ1) is 15.4. The van der Waals surface area contributed by atoms with Crippen molar-refractivity contribution in [1.29, 1.82) is 0 Å². The van der Waals surface area contributed by atoms with Gasteiger partial charge in [-0.25, -0.2) is 16.8 Å². The van der Waals surface area contributed by atoms with Gasteiger partial charge < -0.3 is 5.73 Å². The Balaban J connectivity index is 2.35. The second-order valence-corrected chi connectivity index (χ2v) is 8.80. The molecule has 2 N–H and O–H groups in total. The molecule has 112 valence electrons. The number of sulfone groups is 1. The smallest absolute Gasteiger partial charge is 0.243 e. The first-order valence-corrected chi connectivity index (χ1v) is 9.62. The second kappa shape index (κ2) is 5.44. The summed E-state index contributed by atoms with van der Waals surface area (Å²) >= 11 is 0. The van der Waals surface area contributed by atoms with Crippen molar-refractivity contribution in [2.75, 3.05) is 19.3 Å². The molecule has 1 fully saturated rings. The molecule has 0 bridgehead atoms. The molecule has 8 heteroatoms. The minimum Gasteiger partial charge on any atom is -0.329 e. The van der Waals surface area contributed by atoms with Crippen LogP contribution in [0.25, 0.3) is 0 Å². The number of nitrogens with two attached hydrogens (primary N) is 1. The van der Waals surface area contributed by atoms with Gasteiger partial charge in [0.15, 0.2) is 9.84 Å². The van der Waals surface area contributed by atoms with Crippen molar-refractivity contribution in [3.63, 3.8) is 0 Å². The second-order valence-electron chi connectivity index (χ2n) is 4.89. The molecule has 0 aromatic heterocycles. The van der Waals surface area contributed by atoms with Crippen molar-refractivity contribution in [3.8, 4) is 0 Å². The molecule has 1 atom stereocenters. The van der Waals surface area contributed by atoms with Crippen LogP contribution < -0.4 is 5.73 Å². The molecule has 1 aliphatic rings. The molecule has 0 unspecified atom stereocenters. The molecule has 0 saturated carbocycles. The van der Waals surface area contributed by atoms with Crippen LogP contribution in [0.15, 0.2) is 34.1 Å². The Bertz CT molecular complexity index is 681. The molecule has 1 saturated heterocycles. The first-order valence-electron chi connectivity index (χ1n) is 6.29. The lowest BCUT2D eigenvalue weighted by atomic mass is 10.2. The van der Waals surface area contributed by atoms with E-state index in [-0.39, 0.29) is 15.8 Å². The van der Waals surface area contributed by atoms with Gasteiger partial charge in [-0.1, -0.05) is 0 Å². The summed E-state index contributed by atoms with van der Waals surface area (Å²) in [7, 11) is -6.93. The highest BCUT2D eigenvalue weighted by Gasteiger charge is 2.34. The summed E-state index contributed by atoms with van der Waals surface area (Å²) in [6.07, 6.45) is 2.64. The molecular weight excluding hydrogens is 300 g/mol. The summed E-state index contributed by atoms with van der Waals surface area (Å²) in [4.78, 5) is 0.207. The Labute approximate surface area is 119 Å². The average molecular weight is 318 g/mol. The van der Waals surface area contributed by atoms with Gasteiger partial charge in [-0.2, -0.15) is 4.31 Å². The summed E-state index contributed by atoms with van der Waals surface area (Å²) in [5, 5.41) is 0. The highest BCUT2D eigenvalue weighted by atomic mass is 32.2. The highest BCUT2D eigenvalue weighted by Crippen LogP contribution is 2.26. The summed E-state index contributed by atoms with van der Waals surface area (Å²) in [6.45, 7) is 0.749. The Kier molecular flexibility index (Phi) is 4.19. The van der Waals surface area contributed by atoms with Gasteiger partial charge in [0.1, 0.15) is 0 Å². The fourth-order valence-corrected chi connectivity index (χ4v) is 4.69. The summed E-state index contributed by atoms with van der Waals surface area (Å²) in [5.74, 6) is 0. The number of hydrogen-bond donors (Lipinski definition) is 1. The summed E-state index contributed by atoms with van der Waals surface area (Å²) in [6, 6.07) is 5.12. The lowest BCUT2D eigenvalue weighted by Gasteiger charge is -2.22. The van der Waals surface area contributed by atoms with Crippen LogP contribution in [-0.2, 0) is 19.9 Å². The lowest BCUT2D eigenvalue weighted by Crippen LogP contribution is -2.39. The van der Waals surface area contributed by atoms with Gasteiger partial charge in [-0.15, -0.1) is 0 Å². The predicted octanol–water partition coefficient (Wildman–Crippen LogP) is 0.202. The number of hydrogen-bond acceptors (Lipinski definition) is 5. The SMILES string of the molecule is CS(=O)(=O)c1ccc(S(=O)(=O)N2CCC[C@H]2CN)cc1. The van der Waals surface area contributed by atoms with E-state index in [1.165, 1.54) is 28.6 Å². The van der Waals surface area contributed by atoms with E-state index >= 15 is 0 Å². The quantitative estimate of drug-likeness (QED) is 0.855. The van der Waals surface area contributed by atoms with E-state index < -0.39 is 19.9 Å². The number of sulfonamides is 1. The Morgan fingerprint density at radius 1 is 1.15 bits per heavy atom. The third kappa shape index (κ3) is 2.88. The van der Waals surface area contributed by atoms with Crippen LogP contribution in [0.4, 0.5) is 0 Å². The summed E-state index contributed by atoms with van der Waals surface area (Å²) < 4.78 is 49.1. The molecule has 0 amide bonds. The van der Waals surface area contributed by atoms with Crippen LogP contribution in [0.1, 0.15) is 12.8 Å². The van der Waals surface area contributed by atoms with Crippen molar-refractivity contribution >= 4 is 19.9 Å². The maximum Gasteiger partial charge on any atom is 0.243 e. The third-order valence-corrected chi connectivity index (χ3v) is 6.55. The molecular formula is C12H18N2O4S2. The van der Waals surface area contributed by atoms with Crippen LogP contribution in [0.3, 0.4) is 0 Å². The third-order valence-electron chi connectivity index (χ3n) is 3.45. The van der Waals surface area contributed by atoms with Crippen molar-refractivity contribution in [2.45, 2.75) is 28.7 Å². The zero-order valence-electron chi connectivity index (χ0n) is 11.2. The molecule has 20 heavy (non-hydrogen) atoms. The van der Waals surface area contributed by atoms with Gasteiger partial charge in [-0.3, -0.25) is 0 Å². The predicted molar refractivity (Wildman–Crippen MR) is 75.5 cm³/mol. The van der Waals surface area contributed by atoms with Crippen LogP contribution in [0.2, 0.25) is 0 Å². The van der Waals surface area contributed by atoms with Crippen molar-refractivity contribution in [2.24, 2.45) is 5.73 Å². The zero-order chi connectivity index (χ0) is 15.0. The van der Waals surface area contributed by atoms with Gasteiger partial charge >= 0.3 is 0 Å². The Morgan fingerprint density at radius 3 is 2.20 bits per heavy atom. The van der Waals surface area contributed by atoms with Gasteiger partial charge in [0.05, 0.1) is 9.79 Å². The average Bonchev–Trinajstić information content (AvgIpc) is 2.87. The van der Waals surface area contributed by atoms with Crippen molar-refractivity contribution in [1.82, 2.24) is 4.31 Å². The van der Waals surface area contributed by atoms with Gasteiger partial charge in [0.2, 0.25) is 10.0 Å².